The van der Waals surface area contributed by atoms with Crippen LogP contribution in [0.1, 0.15) is 49.8 Å². The maximum absolute atomic E-state index is 4.83. The summed E-state index contributed by atoms with van der Waals surface area (Å²) in [5.41, 5.74) is 2.38. The van der Waals surface area contributed by atoms with Crippen molar-refractivity contribution in [1.82, 2.24) is 24.8 Å². The first kappa shape index (κ1) is 18.4. The first-order valence-corrected chi connectivity index (χ1v) is 10.4. The van der Waals surface area contributed by atoms with Crippen molar-refractivity contribution in [2.24, 2.45) is 0 Å². The minimum absolute atomic E-state index is 0.255. The summed E-state index contributed by atoms with van der Waals surface area (Å²) in [5, 5.41) is 3.60. The number of aromatic nitrogens is 3. The molecule has 2 aliphatic heterocycles. The fraction of sp³-hybridized carbons (Fsp3) is 0.619. The largest absolute Gasteiger partial charge is 0.354 e. The average molecular weight is 369 g/mol. The van der Waals surface area contributed by atoms with Crippen molar-refractivity contribution in [3.8, 4) is 0 Å². The molecule has 0 aliphatic carbocycles. The standard InChI is InChI=1S/C21H32N6/c1-3-25-10-12-26(13-11-25)20-8-7-18(15-23-20)14-22-17(2)19-16-27-9-5-4-6-21(27)24-19/h7-8,15-17,22H,3-6,9-14H2,1-2H3. The number of likely N-dealkylation sites (N-methyl/N-ethyl adjacent to an activating group) is 1. The number of aryl methyl sites for hydroxylation is 2. The first-order chi connectivity index (χ1) is 13.2. The van der Waals surface area contributed by atoms with Gasteiger partial charge in [-0.3, -0.25) is 0 Å². The number of anilines is 1. The predicted molar refractivity (Wildman–Crippen MR) is 109 cm³/mol. The molecule has 2 aliphatic rings. The highest BCUT2D eigenvalue weighted by molar-refractivity contribution is 5.40. The van der Waals surface area contributed by atoms with Gasteiger partial charge in [0.15, 0.2) is 0 Å². The van der Waals surface area contributed by atoms with Gasteiger partial charge in [-0.1, -0.05) is 13.0 Å². The summed E-state index contributed by atoms with van der Waals surface area (Å²) in [6, 6.07) is 4.62. The third-order valence-electron chi connectivity index (χ3n) is 5.94. The molecule has 4 heterocycles. The molecule has 6 nitrogen and oxygen atoms in total. The van der Waals surface area contributed by atoms with Crippen LogP contribution in [0.5, 0.6) is 0 Å². The van der Waals surface area contributed by atoms with E-state index in [2.05, 4.69) is 51.9 Å². The number of pyridine rings is 1. The molecule has 0 saturated carbocycles. The topological polar surface area (TPSA) is 49.2 Å². The van der Waals surface area contributed by atoms with Crippen LogP contribution in [0.15, 0.2) is 24.5 Å². The molecule has 0 amide bonds. The van der Waals surface area contributed by atoms with E-state index in [1.165, 1.54) is 24.2 Å². The molecular formula is C21H32N6. The molecule has 27 heavy (non-hydrogen) atoms. The van der Waals surface area contributed by atoms with Gasteiger partial charge in [-0.05, 0) is 37.9 Å². The van der Waals surface area contributed by atoms with Crippen molar-refractivity contribution in [2.45, 2.75) is 52.2 Å². The first-order valence-electron chi connectivity index (χ1n) is 10.4. The van der Waals surface area contributed by atoms with Crippen LogP contribution < -0.4 is 10.2 Å². The van der Waals surface area contributed by atoms with Crippen molar-refractivity contribution in [3.63, 3.8) is 0 Å². The van der Waals surface area contributed by atoms with E-state index >= 15 is 0 Å². The Morgan fingerprint density at radius 2 is 1.96 bits per heavy atom. The highest BCUT2D eigenvalue weighted by Crippen LogP contribution is 2.19. The molecule has 0 bridgehead atoms. The van der Waals surface area contributed by atoms with E-state index in [0.717, 1.165) is 63.7 Å². The zero-order chi connectivity index (χ0) is 18.6. The van der Waals surface area contributed by atoms with Crippen LogP contribution in [0, 0.1) is 0 Å². The second-order valence-electron chi connectivity index (χ2n) is 7.78. The number of nitrogens with one attached hydrogen (secondary N) is 1. The molecule has 0 aromatic carbocycles. The van der Waals surface area contributed by atoms with E-state index in [1.54, 1.807) is 0 Å². The quantitative estimate of drug-likeness (QED) is 0.849. The Balaban J connectivity index is 1.30. The Morgan fingerprint density at radius 3 is 2.67 bits per heavy atom. The molecule has 1 saturated heterocycles. The third kappa shape index (κ3) is 4.33. The second-order valence-corrected chi connectivity index (χ2v) is 7.78. The summed E-state index contributed by atoms with van der Waals surface area (Å²) >= 11 is 0. The molecule has 2 aromatic heterocycles. The molecule has 146 valence electrons. The van der Waals surface area contributed by atoms with Gasteiger partial charge < -0.3 is 19.7 Å². The fourth-order valence-electron chi connectivity index (χ4n) is 4.02. The molecule has 4 rings (SSSR count). The molecule has 0 radical (unpaired) electrons. The Kier molecular flexibility index (Phi) is 5.74. The van der Waals surface area contributed by atoms with Crippen LogP contribution >= 0.6 is 0 Å². The lowest BCUT2D eigenvalue weighted by molar-refractivity contribution is 0.270. The third-order valence-corrected chi connectivity index (χ3v) is 5.94. The van der Waals surface area contributed by atoms with Crippen LogP contribution in [-0.4, -0.2) is 52.2 Å². The molecule has 0 spiro atoms. The monoisotopic (exact) mass is 368 g/mol. The van der Waals surface area contributed by atoms with Gasteiger partial charge in [0, 0.05) is 64.1 Å². The number of fused-ring (bicyclic) bond motifs is 1. The molecule has 1 atom stereocenters. The highest BCUT2D eigenvalue weighted by Gasteiger charge is 2.17. The van der Waals surface area contributed by atoms with Crippen molar-refractivity contribution in [1.29, 1.82) is 0 Å². The van der Waals surface area contributed by atoms with Crippen LogP contribution in [0.4, 0.5) is 5.82 Å². The van der Waals surface area contributed by atoms with Crippen LogP contribution in [-0.2, 0) is 19.5 Å². The van der Waals surface area contributed by atoms with Gasteiger partial charge in [0.05, 0.1) is 5.69 Å². The summed E-state index contributed by atoms with van der Waals surface area (Å²) < 4.78 is 2.33. The van der Waals surface area contributed by atoms with E-state index in [-0.39, 0.29) is 6.04 Å². The zero-order valence-electron chi connectivity index (χ0n) is 16.7. The molecule has 6 heteroatoms. The van der Waals surface area contributed by atoms with Gasteiger partial charge in [0.1, 0.15) is 11.6 Å². The number of imidazole rings is 1. The molecule has 2 aromatic rings. The van der Waals surface area contributed by atoms with Crippen LogP contribution in [0.25, 0.3) is 0 Å². The summed E-state index contributed by atoms with van der Waals surface area (Å²) in [7, 11) is 0. The van der Waals surface area contributed by atoms with E-state index in [9.17, 15) is 0 Å². The van der Waals surface area contributed by atoms with E-state index in [1.807, 2.05) is 6.20 Å². The van der Waals surface area contributed by atoms with Gasteiger partial charge in [0.2, 0.25) is 0 Å². The normalized spacial score (nSPS) is 19.1. The van der Waals surface area contributed by atoms with Gasteiger partial charge >= 0.3 is 0 Å². The number of hydrogen-bond donors (Lipinski definition) is 1. The summed E-state index contributed by atoms with van der Waals surface area (Å²) in [6.45, 7) is 11.9. The van der Waals surface area contributed by atoms with Crippen LogP contribution in [0.2, 0.25) is 0 Å². The van der Waals surface area contributed by atoms with Gasteiger partial charge in [-0.2, -0.15) is 0 Å². The average Bonchev–Trinajstić information content (AvgIpc) is 3.17. The minimum atomic E-state index is 0.255. The van der Waals surface area contributed by atoms with Crippen molar-refractivity contribution in [2.75, 3.05) is 37.6 Å². The number of hydrogen-bond acceptors (Lipinski definition) is 5. The van der Waals surface area contributed by atoms with Crippen LogP contribution in [0.3, 0.4) is 0 Å². The lowest BCUT2D eigenvalue weighted by atomic mass is 10.2. The van der Waals surface area contributed by atoms with E-state index in [4.69, 9.17) is 9.97 Å². The minimum Gasteiger partial charge on any atom is -0.354 e. The molecular weight excluding hydrogens is 336 g/mol. The fourth-order valence-corrected chi connectivity index (χ4v) is 4.02. The summed E-state index contributed by atoms with van der Waals surface area (Å²) in [4.78, 5) is 14.4. The number of nitrogens with zero attached hydrogens (tertiary/aromatic N) is 5. The maximum atomic E-state index is 4.83. The van der Waals surface area contributed by atoms with Crippen molar-refractivity contribution < 1.29 is 0 Å². The summed E-state index contributed by atoms with van der Waals surface area (Å²) in [6.07, 6.45) is 7.90. The predicted octanol–water partition coefficient (Wildman–Crippen LogP) is 2.61. The Labute approximate surface area is 162 Å². The number of rotatable bonds is 6. The number of piperazine rings is 1. The Morgan fingerprint density at radius 1 is 1.11 bits per heavy atom. The van der Waals surface area contributed by atoms with E-state index < -0.39 is 0 Å². The van der Waals surface area contributed by atoms with Gasteiger partial charge in [-0.15, -0.1) is 0 Å². The second kappa shape index (κ2) is 8.40. The lowest BCUT2D eigenvalue weighted by Crippen LogP contribution is -2.46. The maximum Gasteiger partial charge on any atom is 0.128 e. The summed E-state index contributed by atoms with van der Waals surface area (Å²) in [5.74, 6) is 2.35. The molecule has 1 unspecified atom stereocenters. The van der Waals surface area contributed by atoms with E-state index in [0.29, 0.717) is 0 Å². The lowest BCUT2D eigenvalue weighted by Gasteiger charge is -2.34. The smallest absolute Gasteiger partial charge is 0.128 e. The molecule has 1 fully saturated rings. The Bertz CT molecular complexity index is 706. The molecule has 1 N–H and O–H groups in total. The van der Waals surface area contributed by atoms with Crippen molar-refractivity contribution in [3.05, 3.63) is 41.6 Å². The van der Waals surface area contributed by atoms with Gasteiger partial charge in [0.25, 0.3) is 0 Å². The zero-order valence-corrected chi connectivity index (χ0v) is 16.7. The Hall–Kier alpha value is -1.92. The van der Waals surface area contributed by atoms with Crippen molar-refractivity contribution >= 4 is 5.82 Å². The highest BCUT2D eigenvalue weighted by atomic mass is 15.3. The van der Waals surface area contributed by atoms with Gasteiger partial charge in [-0.25, -0.2) is 9.97 Å². The SMILES string of the molecule is CCN1CCN(c2ccc(CNC(C)c3cn4c(n3)CCCC4)cn2)CC1.